The molecular formula is C26H28IN7O. The summed E-state index contributed by atoms with van der Waals surface area (Å²) in [5.74, 6) is 0.413. The third-order valence-corrected chi connectivity index (χ3v) is 7.18. The lowest BCUT2D eigenvalue weighted by atomic mass is 10.1. The van der Waals surface area contributed by atoms with Crippen molar-refractivity contribution in [3.8, 4) is 23.1 Å². The molecule has 1 fully saturated rings. The van der Waals surface area contributed by atoms with Crippen LogP contribution >= 0.6 is 22.6 Å². The number of benzene rings is 2. The first-order chi connectivity index (χ1) is 16.8. The predicted octanol–water partition coefficient (Wildman–Crippen LogP) is 3.86. The zero-order valence-corrected chi connectivity index (χ0v) is 22.2. The highest BCUT2D eigenvalue weighted by atomic mass is 127. The van der Waals surface area contributed by atoms with Crippen LogP contribution in [0.5, 0.6) is 0 Å². The number of rotatable bonds is 5. The normalized spacial score (nSPS) is 16.7. The fourth-order valence-electron chi connectivity index (χ4n) is 4.31. The fraction of sp³-hybridized carbons (Fsp3) is 0.308. The minimum absolute atomic E-state index is 0.0947. The maximum absolute atomic E-state index is 13.2. The standard InChI is InChI=1S/C26H28IN7O/c1-16(30-2)21-12-20(8-9-23(21)29)34-15-24(26(35)31-19-5-4-10-33(3)14-19)32-25(34)17-6-7-18(13-28)22(27)11-17/h6-9,11-12,15,19H,4-5,10,14,29H2,1-3H3,(H,31,35)/t19-/m1/s1. The summed E-state index contributed by atoms with van der Waals surface area (Å²) in [5.41, 5.74) is 11.0. The Hall–Kier alpha value is -3.23. The van der Waals surface area contributed by atoms with Crippen LogP contribution in [0.15, 0.2) is 47.6 Å². The number of nitrogens with one attached hydrogen (secondary N) is 1. The van der Waals surface area contributed by atoms with E-state index in [0.717, 1.165) is 52.0 Å². The summed E-state index contributed by atoms with van der Waals surface area (Å²) in [5, 5.41) is 12.5. The lowest BCUT2D eigenvalue weighted by Gasteiger charge is -2.29. The molecule has 1 aliphatic rings. The number of hydrogen-bond donors (Lipinski definition) is 2. The number of nitriles is 1. The van der Waals surface area contributed by atoms with Gasteiger partial charge in [-0.05, 0) is 92.3 Å². The van der Waals surface area contributed by atoms with E-state index in [9.17, 15) is 10.1 Å². The van der Waals surface area contributed by atoms with Gasteiger partial charge in [0.25, 0.3) is 5.91 Å². The van der Waals surface area contributed by atoms with Gasteiger partial charge in [-0.3, -0.25) is 14.4 Å². The molecule has 2 aromatic carbocycles. The average Bonchev–Trinajstić information content (AvgIpc) is 3.29. The smallest absolute Gasteiger partial charge is 0.271 e. The number of nitrogens with two attached hydrogens (primary N) is 1. The Morgan fingerprint density at radius 1 is 1.31 bits per heavy atom. The van der Waals surface area contributed by atoms with Crippen molar-refractivity contribution in [3.63, 3.8) is 0 Å². The second-order valence-electron chi connectivity index (χ2n) is 8.78. The van der Waals surface area contributed by atoms with Gasteiger partial charge in [0.1, 0.15) is 17.6 Å². The summed E-state index contributed by atoms with van der Waals surface area (Å²) >= 11 is 2.15. The molecule has 1 aromatic heterocycles. The van der Waals surface area contributed by atoms with Crippen LogP contribution in [-0.2, 0) is 0 Å². The number of aliphatic imine (C=N–C) groups is 1. The maximum atomic E-state index is 13.2. The average molecular weight is 581 g/mol. The van der Waals surface area contributed by atoms with Crippen LogP contribution in [0.1, 0.15) is 41.4 Å². The van der Waals surface area contributed by atoms with Gasteiger partial charge in [0, 0.05) is 57.6 Å². The molecule has 2 heterocycles. The lowest BCUT2D eigenvalue weighted by Crippen LogP contribution is -2.46. The van der Waals surface area contributed by atoms with Crippen molar-refractivity contribution >= 4 is 39.9 Å². The number of carbonyl (C=O) groups is 1. The largest absolute Gasteiger partial charge is 0.398 e. The van der Waals surface area contributed by atoms with Crippen LogP contribution in [0, 0.1) is 14.9 Å². The monoisotopic (exact) mass is 581 g/mol. The Bertz CT molecular complexity index is 1340. The Morgan fingerprint density at radius 2 is 2.11 bits per heavy atom. The lowest BCUT2D eigenvalue weighted by molar-refractivity contribution is 0.0908. The zero-order valence-electron chi connectivity index (χ0n) is 20.0. The number of hydrogen-bond acceptors (Lipinski definition) is 6. The quantitative estimate of drug-likeness (QED) is 0.270. The van der Waals surface area contributed by atoms with Crippen molar-refractivity contribution < 1.29 is 4.79 Å². The number of aromatic nitrogens is 2. The van der Waals surface area contributed by atoms with Crippen molar-refractivity contribution in [1.82, 2.24) is 19.8 Å². The van der Waals surface area contributed by atoms with Gasteiger partial charge in [0.15, 0.2) is 0 Å². The van der Waals surface area contributed by atoms with E-state index in [1.54, 1.807) is 19.3 Å². The molecule has 1 atom stereocenters. The molecule has 0 radical (unpaired) electrons. The summed E-state index contributed by atoms with van der Waals surface area (Å²) in [6, 6.07) is 13.5. The second kappa shape index (κ2) is 10.6. The summed E-state index contributed by atoms with van der Waals surface area (Å²) in [4.78, 5) is 24.5. The number of amides is 1. The van der Waals surface area contributed by atoms with Crippen LogP contribution < -0.4 is 11.1 Å². The zero-order chi connectivity index (χ0) is 25.1. The van der Waals surface area contributed by atoms with E-state index in [1.165, 1.54) is 0 Å². The molecule has 0 saturated carbocycles. The van der Waals surface area contributed by atoms with Crippen LogP contribution in [-0.4, -0.2) is 59.3 Å². The topological polar surface area (TPSA) is 112 Å². The van der Waals surface area contributed by atoms with E-state index >= 15 is 0 Å². The molecule has 0 bridgehead atoms. The second-order valence-corrected chi connectivity index (χ2v) is 9.94. The first kappa shape index (κ1) is 24.9. The Balaban J connectivity index is 1.79. The van der Waals surface area contributed by atoms with Gasteiger partial charge < -0.3 is 16.0 Å². The van der Waals surface area contributed by atoms with Gasteiger partial charge in [-0.15, -0.1) is 0 Å². The molecule has 1 amide bonds. The number of nitrogens with zero attached hydrogens (tertiary/aromatic N) is 5. The summed E-state index contributed by atoms with van der Waals surface area (Å²) in [7, 11) is 3.80. The van der Waals surface area contributed by atoms with Gasteiger partial charge in [-0.2, -0.15) is 5.26 Å². The molecular weight excluding hydrogens is 553 g/mol. The van der Waals surface area contributed by atoms with Crippen molar-refractivity contribution in [2.45, 2.75) is 25.8 Å². The Labute approximate surface area is 219 Å². The van der Waals surface area contributed by atoms with Gasteiger partial charge in [0.2, 0.25) is 0 Å². The number of anilines is 1. The molecule has 1 saturated heterocycles. The molecule has 3 N–H and O–H groups in total. The summed E-state index contributed by atoms with van der Waals surface area (Å²) in [6.45, 7) is 3.78. The summed E-state index contributed by atoms with van der Waals surface area (Å²) < 4.78 is 2.71. The summed E-state index contributed by atoms with van der Waals surface area (Å²) in [6.07, 6.45) is 3.77. The Morgan fingerprint density at radius 3 is 2.80 bits per heavy atom. The molecule has 0 unspecified atom stereocenters. The molecule has 8 nitrogen and oxygen atoms in total. The van der Waals surface area contributed by atoms with Gasteiger partial charge in [-0.25, -0.2) is 4.98 Å². The SMILES string of the molecule is CN=C(C)c1cc(-n2cc(C(=O)N[C@@H]3CCCN(C)C3)nc2-c2ccc(C#N)c(I)c2)ccc1N. The van der Waals surface area contributed by atoms with E-state index in [0.29, 0.717) is 22.8 Å². The highest BCUT2D eigenvalue weighted by Crippen LogP contribution is 2.28. The van der Waals surface area contributed by atoms with E-state index in [-0.39, 0.29) is 11.9 Å². The van der Waals surface area contributed by atoms with Crippen molar-refractivity contribution in [2.75, 3.05) is 32.9 Å². The van der Waals surface area contributed by atoms with Crippen LogP contribution in [0.4, 0.5) is 5.69 Å². The van der Waals surface area contributed by atoms with Gasteiger partial charge in [-0.1, -0.05) is 0 Å². The molecule has 9 heteroatoms. The van der Waals surface area contributed by atoms with Crippen molar-refractivity contribution in [1.29, 1.82) is 5.26 Å². The van der Waals surface area contributed by atoms with E-state index in [1.807, 2.05) is 41.8 Å². The molecule has 35 heavy (non-hydrogen) atoms. The molecule has 0 spiro atoms. The van der Waals surface area contributed by atoms with E-state index < -0.39 is 0 Å². The number of nitrogen functional groups attached to an aromatic ring is 1. The first-order valence-electron chi connectivity index (χ1n) is 11.4. The van der Waals surface area contributed by atoms with Gasteiger partial charge in [0.05, 0.1) is 5.56 Å². The number of carbonyl (C=O) groups excluding carboxylic acids is 1. The van der Waals surface area contributed by atoms with E-state index in [2.05, 4.69) is 50.9 Å². The highest BCUT2D eigenvalue weighted by molar-refractivity contribution is 14.1. The highest BCUT2D eigenvalue weighted by Gasteiger charge is 2.23. The predicted molar refractivity (Wildman–Crippen MR) is 147 cm³/mol. The Kier molecular flexibility index (Phi) is 7.52. The van der Waals surface area contributed by atoms with Crippen molar-refractivity contribution in [2.24, 2.45) is 4.99 Å². The van der Waals surface area contributed by atoms with Crippen LogP contribution in [0.2, 0.25) is 0 Å². The third kappa shape index (κ3) is 5.39. The number of halogens is 1. The van der Waals surface area contributed by atoms with Gasteiger partial charge >= 0.3 is 0 Å². The third-order valence-electron chi connectivity index (χ3n) is 6.29. The number of imidazole rings is 1. The molecule has 1 aliphatic heterocycles. The minimum atomic E-state index is -0.199. The van der Waals surface area contributed by atoms with E-state index in [4.69, 9.17) is 10.7 Å². The molecule has 0 aliphatic carbocycles. The molecule has 4 rings (SSSR count). The minimum Gasteiger partial charge on any atom is -0.398 e. The molecule has 180 valence electrons. The fourth-order valence-corrected chi connectivity index (χ4v) is 4.94. The number of likely N-dealkylation sites (tertiary alicyclic amines) is 1. The van der Waals surface area contributed by atoms with Crippen molar-refractivity contribution in [3.05, 3.63) is 63.0 Å². The maximum Gasteiger partial charge on any atom is 0.271 e. The van der Waals surface area contributed by atoms with Crippen LogP contribution in [0.25, 0.3) is 17.1 Å². The molecule has 3 aromatic rings. The van der Waals surface area contributed by atoms with Crippen LogP contribution in [0.3, 0.4) is 0 Å². The number of piperidine rings is 1. The first-order valence-corrected chi connectivity index (χ1v) is 12.5. The number of likely N-dealkylation sites (N-methyl/N-ethyl adjacent to an activating group) is 1.